The smallest absolute Gasteiger partial charge is 0.214 e. The fourth-order valence-corrected chi connectivity index (χ4v) is 3.08. The number of sulfonamides is 1. The molecule has 0 aromatic heterocycles. The third-order valence-electron chi connectivity index (χ3n) is 2.27. The van der Waals surface area contributed by atoms with E-state index in [0.717, 1.165) is 0 Å². The van der Waals surface area contributed by atoms with Crippen molar-refractivity contribution in [1.29, 1.82) is 0 Å². The highest BCUT2D eigenvalue weighted by atomic mass is 127. The summed E-state index contributed by atoms with van der Waals surface area (Å²) in [4.78, 5) is 4.07. The molecule has 0 aromatic rings. The summed E-state index contributed by atoms with van der Waals surface area (Å²) in [5.41, 5.74) is 5.60. The Morgan fingerprint density at radius 1 is 1.53 bits per heavy atom. The third kappa shape index (κ3) is 5.87. The molecule has 0 radical (unpaired) electrons. The molecule has 1 aliphatic heterocycles. The lowest BCUT2D eigenvalue weighted by Crippen LogP contribution is -2.37. The summed E-state index contributed by atoms with van der Waals surface area (Å²) in [7, 11) is -3.01. The highest BCUT2D eigenvalue weighted by Gasteiger charge is 2.27. The molecule has 0 spiro atoms. The van der Waals surface area contributed by atoms with Crippen molar-refractivity contribution in [3.63, 3.8) is 0 Å². The summed E-state index contributed by atoms with van der Waals surface area (Å²) in [6.07, 6.45) is 0.714. The molecule has 6 nitrogen and oxygen atoms in total. The second-order valence-corrected chi connectivity index (χ2v) is 6.22. The Labute approximate surface area is 120 Å². The number of nitrogens with one attached hydrogen (secondary N) is 1. The largest absolute Gasteiger partial charge is 0.370 e. The van der Waals surface area contributed by atoms with E-state index in [1.54, 1.807) is 0 Å². The van der Waals surface area contributed by atoms with E-state index in [1.165, 1.54) is 4.31 Å². The van der Waals surface area contributed by atoms with Gasteiger partial charge in [-0.05, 0) is 20.3 Å². The lowest BCUT2D eigenvalue weighted by molar-refractivity contribution is 0.452. The molecular weight excluding hydrogens is 355 g/mol. The Bertz CT molecular complexity index is 356. The summed E-state index contributed by atoms with van der Waals surface area (Å²) in [5.74, 6) is 0.628. The van der Waals surface area contributed by atoms with Gasteiger partial charge in [-0.2, -0.15) is 0 Å². The molecule has 0 aliphatic carbocycles. The van der Waals surface area contributed by atoms with Crippen LogP contribution in [0.15, 0.2) is 4.99 Å². The molecule has 17 heavy (non-hydrogen) atoms. The quantitative estimate of drug-likeness (QED) is 0.409. The van der Waals surface area contributed by atoms with Crippen molar-refractivity contribution in [1.82, 2.24) is 9.62 Å². The summed E-state index contributed by atoms with van der Waals surface area (Å²) in [6, 6.07) is 0.235. The average molecular weight is 376 g/mol. The van der Waals surface area contributed by atoms with Crippen molar-refractivity contribution in [2.24, 2.45) is 10.7 Å². The van der Waals surface area contributed by atoms with Crippen molar-refractivity contribution in [3.05, 3.63) is 0 Å². The summed E-state index contributed by atoms with van der Waals surface area (Å²) < 4.78 is 24.4. The van der Waals surface area contributed by atoms with Gasteiger partial charge in [0.1, 0.15) is 0 Å². The number of rotatable bonds is 4. The van der Waals surface area contributed by atoms with Crippen LogP contribution in [0, 0.1) is 0 Å². The van der Waals surface area contributed by atoms with Crippen LogP contribution < -0.4 is 11.1 Å². The van der Waals surface area contributed by atoms with Gasteiger partial charge in [0.2, 0.25) is 10.0 Å². The topological polar surface area (TPSA) is 87.8 Å². The van der Waals surface area contributed by atoms with Gasteiger partial charge in [0.05, 0.1) is 12.3 Å². The van der Waals surface area contributed by atoms with Gasteiger partial charge >= 0.3 is 0 Å². The van der Waals surface area contributed by atoms with Crippen LogP contribution in [-0.2, 0) is 10.0 Å². The molecule has 0 saturated carbocycles. The number of nitrogens with two attached hydrogens (primary N) is 1. The van der Waals surface area contributed by atoms with Gasteiger partial charge in [-0.15, -0.1) is 24.0 Å². The van der Waals surface area contributed by atoms with E-state index in [4.69, 9.17) is 5.73 Å². The average Bonchev–Trinajstić information content (AvgIpc) is 2.44. The maximum Gasteiger partial charge on any atom is 0.214 e. The second kappa shape index (κ2) is 7.37. The molecule has 0 atom stereocenters. The van der Waals surface area contributed by atoms with Crippen molar-refractivity contribution in [3.8, 4) is 0 Å². The van der Waals surface area contributed by atoms with Crippen LogP contribution in [0.25, 0.3) is 0 Å². The molecule has 1 heterocycles. The maximum absolute atomic E-state index is 11.4. The summed E-state index contributed by atoms with van der Waals surface area (Å²) >= 11 is 0. The number of hydrogen-bond acceptors (Lipinski definition) is 3. The zero-order chi connectivity index (χ0) is 12.2. The van der Waals surface area contributed by atoms with Crippen molar-refractivity contribution in [2.45, 2.75) is 26.3 Å². The minimum atomic E-state index is -3.01. The first-order valence-electron chi connectivity index (χ1n) is 5.46. The Morgan fingerprint density at radius 2 is 2.18 bits per heavy atom. The first-order valence-corrected chi connectivity index (χ1v) is 7.07. The molecule has 1 rings (SSSR count). The van der Waals surface area contributed by atoms with Gasteiger partial charge in [-0.1, -0.05) is 0 Å². The molecule has 0 amide bonds. The number of halogens is 1. The number of guanidine groups is 1. The highest BCUT2D eigenvalue weighted by molar-refractivity contribution is 14.0. The monoisotopic (exact) mass is 376 g/mol. The molecule has 8 heteroatoms. The number of aliphatic imine (C=N–C) groups is 1. The fourth-order valence-electron chi connectivity index (χ4n) is 1.57. The van der Waals surface area contributed by atoms with Gasteiger partial charge in [0.25, 0.3) is 0 Å². The zero-order valence-electron chi connectivity index (χ0n) is 10.2. The van der Waals surface area contributed by atoms with Crippen LogP contribution in [-0.4, -0.2) is 50.1 Å². The Balaban J connectivity index is 0.00000256. The molecule has 1 saturated heterocycles. The van der Waals surface area contributed by atoms with E-state index in [9.17, 15) is 8.42 Å². The van der Waals surface area contributed by atoms with Crippen LogP contribution in [0.2, 0.25) is 0 Å². The maximum atomic E-state index is 11.4. The number of nitrogens with zero attached hydrogens (tertiary/aromatic N) is 2. The van der Waals surface area contributed by atoms with Crippen molar-refractivity contribution < 1.29 is 8.42 Å². The first kappa shape index (κ1) is 16.9. The minimum Gasteiger partial charge on any atom is -0.370 e. The summed E-state index contributed by atoms with van der Waals surface area (Å²) in [5, 5.41) is 2.95. The predicted molar refractivity (Wildman–Crippen MR) is 80.2 cm³/mol. The van der Waals surface area contributed by atoms with Crippen LogP contribution in [0.3, 0.4) is 0 Å². The fraction of sp³-hybridized carbons (Fsp3) is 0.889. The molecular formula is C9H21IN4O2S. The SMILES string of the molecule is CC(C)NC(N)=NCCN1CCCS1(=O)=O.I. The normalized spacial score (nSPS) is 20.3. The van der Waals surface area contributed by atoms with Gasteiger partial charge in [-0.3, -0.25) is 4.99 Å². The third-order valence-corrected chi connectivity index (χ3v) is 4.23. The van der Waals surface area contributed by atoms with E-state index in [2.05, 4.69) is 10.3 Å². The van der Waals surface area contributed by atoms with Crippen molar-refractivity contribution >= 4 is 40.0 Å². The van der Waals surface area contributed by atoms with Crippen LogP contribution in [0.1, 0.15) is 20.3 Å². The predicted octanol–water partition coefficient (Wildman–Crippen LogP) is -0.0474. The zero-order valence-corrected chi connectivity index (χ0v) is 13.4. The Morgan fingerprint density at radius 3 is 2.65 bits per heavy atom. The lowest BCUT2D eigenvalue weighted by atomic mass is 10.4. The summed E-state index contributed by atoms with van der Waals surface area (Å²) in [6.45, 7) is 5.36. The highest BCUT2D eigenvalue weighted by Crippen LogP contribution is 2.11. The standard InChI is InChI=1S/C9H20N4O2S.HI/c1-8(2)12-9(10)11-4-6-13-5-3-7-16(13,14)15;/h8H,3-7H2,1-2H3,(H3,10,11,12);1H. The molecule has 0 aromatic carbocycles. The van der Waals surface area contributed by atoms with E-state index >= 15 is 0 Å². The molecule has 3 N–H and O–H groups in total. The first-order chi connectivity index (χ1) is 7.42. The van der Waals surface area contributed by atoms with E-state index in [0.29, 0.717) is 32.0 Å². The number of hydrogen-bond donors (Lipinski definition) is 2. The van der Waals surface area contributed by atoms with E-state index < -0.39 is 10.0 Å². The molecule has 0 unspecified atom stereocenters. The molecule has 1 fully saturated rings. The molecule has 1 aliphatic rings. The van der Waals surface area contributed by atoms with E-state index in [1.807, 2.05) is 13.8 Å². The van der Waals surface area contributed by atoms with Gasteiger partial charge in [0.15, 0.2) is 5.96 Å². The molecule has 0 bridgehead atoms. The van der Waals surface area contributed by atoms with Crippen LogP contribution >= 0.6 is 24.0 Å². The van der Waals surface area contributed by atoms with Gasteiger partial charge < -0.3 is 11.1 Å². The van der Waals surface area contributed by atoms with E-state index in [-0.39, 0.29) is 35.8 Å². The van der Waals surface area contributed by atoms with Crippen molar-refractivity contribution in [2.75, 3.05) is 25.4 Å². The molecule has 102 valence electrons. The van der Waals surface area contributed by atoms with Crippen LogP contribution in [0.4, 0.5) is 0 Å². The minimum absolute atomic E-state index is 0. The van der Waals surface area contributed by atoms with Gasteiger partial charge in [-0.25, -0.2) is 12.7 Å². The second-order valence-electron chi connectivity index (χ2n) is 4.13. The van der Waals surface area contributed by atoms with Gasteiger partial charge in [0, 0.05) is 19.1 Å². The van der Waals surface area contributed by atoms with Crippen LogP contribution in [0.5, 0.6) is 0 Å². The Hall–Kier alpha value is -0.0900. The lowest BCUT2D eigenvalue weighted by Gasteiger charge is -2.13. The Kier molecular flexibility index (Phi) is 7.33.